The van der Waals surface area contributed by atoms with Gasteiger partial charge in [-0.25, -0.2) is 4.98 Å². The highest BCUT2D eigenvalue weighted by Crippen LogP contribution is 2.33. The van der Waals surface area contributed by atoms with E-state index in [1.54, 1.807) is 0 Å². The van der Waals surface area contributed by atoms with Crippen LogP contribution in [0.3, 0.4) is 0 Å². The minimum atomic E-state index is 0.945. The Morgan fingerprint density at radius 3 is 2.86 bits per heavy atom. The van der Waals surface area contributed by atoms with Gasteiger partial charge < -0.3 is 4.57 Å². The van der Waals surface area contributed by atoms with Crippen molar-refractivity contribution >= 4 is 65.5 Å². The largest absolute Gasteiger partial charge is 0.331 e. The lowest BCUT2D eigenvalue weighted by Gasteiger charge is -2.03. The first-order chi connectivity index (χ1) is 6.65. The Morgan fingerprint density at radius 2 is 2.21 bits per heavy atom. The van der Waals surface area contributed by atoms with Crippen LogP contribution in [0, 0.1) is 3.57 Å². The van der Waals surface area contributed by atoms with Crippen LogP contribution in [0.15, 0.2) is 21.3 Å². The summed E-state index contributed by atoms with van der Waals surface area (Å²) in [5, 5.41) is 0. The SMILES string of the molecule is CCn1cnc2c(I)c(Br)c(Br)cc21. The fraction of sp³-hybridized carbons (Fsp3) is 0.222. The first kappa shape index (κ1) is 10.9. The van der Waals surface area contributed by atoms with Gasteiger partial charge in [-0.1, -0.05) is 0 Å². The third-order valence-corrected chi connectivity index (χ3v) is 5.87. The molecular weight excluding hydrogens is 423 g/mol. The molecule has 0 saturated carbocycles. The van der Waals surface area contributed by atoms with Gasteiger partial charge in [0.15, 0.2) is 0 Å². The number of aryl methyl sites for hydroxylation is 1. The Labute approximate surface area is 112 Å². The van der Waals surface area contributed by atoms with E-state index in [9.17, 15) is 0 Å². The molecule has 0 aliphatic carbocycles. The van der Waals surface area contributed by atoms with E-state index in [2.05, 4.69) is 77.0 Å². The summed E-state index contributed by atoms with van der Waals surface area (Å²) < 4.78 is 5.44. The molecule has 1 heterocycles. The molecule has 1 aromatic heterocycles. The molecule has 0 aliphatic heterocycles. The summed E-state index contributed by atoms with van der Waals surface area (Å²) in [6.07, 6.45) is 1.88. The summed E-state index contributed by atoms with van der Waals surface area (Å²) in [4.78, 5) is 4.40. The maximum absolute atomic E-state index is 4.40. The second-order valence-corrected chi connectivity index (χ2v) is 5.61. The van der Waals surface area contributed by atoms with Gasteiger partial charge in [-0.3, -0.25) is 0 Å². The minimum absolute atomic E-state index is 0.945. The summed E-state index contributed by atoms with van der Waals surface area (Å²) in [5.74, 6) is 0. The normalized spacial score (nSPS) is 11.1. The summed E-state index contributed by atoms with van der Waals surface area (Å²) >= 11 is 9.36. The predicted octanol–water partition coefficient (Wildman–Crippen LogP) is 4.19. The topological polar surface area (TPSA) is 17.8 Å². The molecule has 2 aromatic rings. The molecule has 0 radical (unpaired) electrons. The second-order valence-electron chi connectivity index (χ2n) is 2.88. The van der Waals surface area contributed by atoms with Crippen LogP contribution in [0.5, 0.6) is 0 Å². The Morgan fingerprint density at radius 1 is 1.50 bits per heavy atom. The van der Waals surface area contributed by atoms with E-state index in [1.807, 2.05) is 6.33 Å². The summed E-state index contributed by atoms with van der Waals surface area (Å²) in [7, 11) is 0. The molecule has 0 N–H and O–H groups in total. The number of imidazole rings is 1. The molecule has 0 aliphatic rings. The molecule has 1 aromatic carbocycles. The quantitative estimate of drug-likeness (QED) is 0.491. The number of aromatic nitrogens is 2. The Kier molecular flexibility index (Phi) is 3.18. The predicted molar refractivity (Wildman–Crippen MR) is 73.5 cm³/mol. The summed E-state index contributed by atoms with van der Waals surface area (Å²) in [6, 6.07) is 2.10. The monoisotopic (exact) mass is 428 g/mol. The second kappa shape index (κ2) is 4.09. The van der Waals surface area contributed by atoms with Crippen LogP contribution in [0.2, 0.25) is 0 Å². The van der Waals surface area contributed by atoms with Crippen LogP contribution in [0.25, 0.3) is 11.0 Å². The van der Waals surface area contributed by atoms with Gasteiger partial charge in [0.25, 0.3) is 0 Å². The van der Waals surface area contributed by atoms with Crippen molar-refractivity contribution in [1.29, 1.82) is 0 Å². The van der Waals surface area contributed by atoms with Crippen molar-refractivity contribution in [2.75, 3.05) is 0 Å². The van der Waals surface area contributed by atoms with E-state index < -0.39 is 0 Å². The van der Waals surface area contributed by atoms with Crippen LogP contribution in [0.1, 0.15) is 6.92 Å². The van der Waals surface area contributed by atoms with Crippen molar-refractivity contribution in [1.82, 2.24) is 9.55 Å². The molecule has 2 rings (SSSR count). The van der Waals surface area contributed by atoms with Crippen molar-refractivity contribution < 1.29 is 0 Å². The zero-order valence-electron chi connectivity index (χ0n) is 7.39. The van der Waals surface area contributed by atoms with Crippen LogP contribution in [0.4, 0.5) is 0 Å². The van der Waals surface area contributed by atoms with Crippen molar-refractivity contribution in [2.24, 2.45) is 0 Å². The fourth-order valence-electron chi connectivity index (χ4n) is 1.36. The van der Waals surface area contributed by atoms with Gasteiger partial charge in [-0.2, -0.15) is 0 Å². The molecule has 0 amide bonds. The molecule has 0 spiro atoms. The maximum atomic E-state index is 4.40. The molecule has 74 valence electrons. The smallest absolute Gasteiger partial charge is 0.103 e. The van der Waals surface area contributed by atoms with Gasteiger partial charge in [0.1, 0.15) is 5.52 Å². The number of rotatable bonds is 1. The lowest BCUT2D eigenvalue weighted by molar-refractivity contribution is 0.787. The molecule has 0 unspecified atom stereocenters. The van der Waals surface area contributed by atoms with Gasteiger partial charge in [0, 0.05) is 15.5 Å². The molecular formula is C9H7Br2IN2. The zero-order valence-corrected chi connectivity index (χ0v) is 12.7. The van der Waals surface area contributed by atoms with Crippen molar-refractivity contribution in [3.63, 3.8) is 0 Å². The first-order valence-electron chi connectivity index (χ1n) is 4.13. The highest BCUT2D eigenvalue weighted by molar-refractivity contribution is 14.1. The van der Waals surface area contributed by atoms with Crippen molar-refractivity contribution in [2.45, 2.75) is 13.5 Å². The van der Waals surface area contributed by atoms with E-state index in [4.69, 9.17) is 0 Å². The summed E-state index contributed by atoms with van der Waals surface area (Å²) in [5.41, 5.74) is 2.23. The number of hydrogen-bond acceptors (Lipinski definition) is 1. The van der Waals surface area contributed by atoms with Crippen LogP contribution >= 0.6 is 54.5 Å². The van der Waals surface area contributed by atoms with Gasteiger partial charge in [-0.05, 0) is 67.4 Å². The van der Waals surface area contributed by atoms with E-state index in [-0.39, 0.29) is 0 Å². The Bertz CT molecular complexity index is 493. The highest BCUT2D eigenvalue weighted by Gasteiger charge is 2.11. The van der Waals surface area contributed by atoms with Crippen LogP contribution in [-0.4, -0.2) is 9.55 Å². The first-order valence-corrected chi connectivity index (χ1v) is 6.80. The fourth-order valence-corrected chi connectivity index (χ4v) is 3.15. The van der Waals surface area contributed by atoms with Crippen molar-refractivity contribution in [3.8, 4) is 0 Å². The average Bonchev–Trinajstić information content (AvgIpc) is 2.57. The van der Waals surface area contributed by atoms with E-state index in [0.29, 0.717) is 0 Å². The molecule has 0 fully saturated rings. The average molecular weight is 430 g/mol. The van der Waals surface area contributed by atoms with E-state index in [0.717, 1.165) is 24.6 Å². The molecule has 5 heteroatoms. The molecule has 0 atom stereocenters. The molecule has 14 heavy (non-hydrogen) atoms. The number of halogens is 3. The van der Waals surface area contributed by atoms with Crippen LogP contribution < -0.4 is 0 Å². The van der Waals surface area contributed by atoms with Gasteiger partial charge in [-0.15, -0.1) is 0 Å². The third kappa shape index (κ3) is 1.63. The van der Waals surface area contributed by atoms with E-state index in [1.165, 1.54) is 5.52 Å². The third-order valence-electron chi connectivity index (χ3n) is 2.09. The number of fused-ring (bicyclic) bond motifs is 1. The van der Waals surface area contributed by atoms with Gasteiger partial charge in [0.05, 0.1) is 15.4 Å². The Hall–Kier alpha value is 0.380. The van der Waals surface area contributed by atoms with E-state index >= 15 is 0 Å². The minimum Gasteiger partial charge on any atom is -0.331 e. The molecule has 0 saturated heterocycles. The van der Waals surface area contributed by atoms with Crippen LogP contribution in [-0.2, 0) is 6.54 Å². The zero-order chi connectivity index (χ0) is 10.3. The number of benzene rings is 1. The number of nitrogens with zero attached hydrogens (tertiary/aromatic N) is 2. The van der Waals surface area contributed by atoms with Gasteiger partial charge in [0.2, 0.25) is 0 Å². The van der Waals surface area contributed by atoms with Gasteiger partial charge >= 0.3 is 0 Å². The molecule has 2 nitrogen and oxygen atoms in total. The molecule has 0 bridgehead atoms. The maximum Gasteiger partial charge on any atom is 0.103 e. The standard InChI is InChI=1S/C9H7Br2IN2/c1-2-14-4-13-9-6(14)3-5(10)7(11)8(9)12/h3-4H,2H2,1H3. The number of hydrogen-bond donors (Lipinski definition) is 0. The lowest BCUT2D eigenvalue weighted by atomic mass is 10.3. The van der Waals surface area contributed by atoms with Crippen molar-refractivity contribution in [3.05, 3.63) is 24.9 Å². The summed E-state index contributed by atoms with van der Waals surface area (Å²) in [6.45, 7) is 3.06. The highest BCUT2D eigenvalue weighted by atomic mass is 127. The Balaban J connectivity index is 2.86. The lowest BCUT2D eigenvalue weighted by Crippen LogP contribution is -1.91.